The summed E-state index contributed by atoms with van der Waals surface area (Å²) in [5, 5.41) is 16.5. The predicted molar refractivity (Wildman–Crippen MR) is 94.4 cm³/mol. The Bertz CT molecular complexity index is 821. The fraction of sp³-hybridized carbons (Fsp3) is 0.368. The Kier molecular flexibility index (Phi) is 7.27. The first-order valence-corrected chi connectivity index (χ1v) is 8.60. The number of hydrogen-bond donors (Lipinski definition) is 2. The second-order valence-corrected chi connectivity index (χ2v) is 6.39. The van der Waals surface area contributed by atoms with Gasteiger partial charge in [0, 0.05) is 13.0 Å². The Hall–Kier alpha value is -3.01. The number of halogens is 3. The summed E-state index contributed by atoms with van der Waals surface area (Å²) in [5.41, 5.74) is 0. The number of carboxylic acids is 2. The molecule has 0 bridgehead atoms. The van der Waals surface area contributed by atoms with Gasteiger partial charge in [0.25, 0.3) is 0 Å². The Morgan fingerprint density at radius 2 is 1.79 bits per heavy atom. The van der Waals surface area contributed by atoms with Gasteiger partial charge in [-0.05, 0) is 31.2 Å². The molecule has 1 aliphatic rings. The molecule has 1 aliphatic heterocycles. The second-order valence-electron chi connectivity index (χ2n) is 6.39. The zero-order chi connectivity index (χ0) is 21.6. The van der Waals surface area contributed by atoms with Crippen LogP contribution in [0, 0.1) is 6.92 Å². The van der Waals surface area contributed by atoms with Gasteiger partial charge < -0.3 is 19.4 Å². The lowest BCUT2D eigenvalue weighted by Crippen LogP contribution is -2.35. The van der Waals surface area contributed by atoms with Gasteiger partial charge in [-0.3, -0.25) is 9.69 Å². The molecular weight excluding hydrogens is 395 g/mol. The Labute approximate surface area is 164 Å². The van der Waals surface area contributed by atoms with Gasteiger partial charge in [-0.2, -0.15) is 13.2 Å². The highest BCUT2D eigenvalue weighted by molar-refractivity contribution is 5.74. The number of hydrogen-bond acceptors (Lipinski definition) is 5. The quantitative estimate of drug-likeness (QED) is 0.773. The van der Waals surface area contributed by atoms with Gasteiger partial charge in [0.1, 0.15) is 29.4 Å². The van der Waals surface area contributed by atoms with Crippen molar-refractivity contribution in [1.29, 1.82) is 0 Å². The van der Waals surface area contributed by atoms with Crippen LogP contribution in [-0.2, 0) is 16.1 Å². The molecule has 0 unspecified atom stereocenters. The highest BCUT2D eigenvalue weighted by atomic mass is 19.4. The Balaban J connectivity index is 0.000000370. The van der Waals surface area contributed by atoms with Crippen molar-refractivity contribution in [3.63, 3.8) is 0 Å². The van der Waals surface area contributed by atoms with Crippen molar-refractivity contribution < 1.29 is 42.1 Å². The number of rotatable bonds is 5. The smallest absolute Gasteiger partial charge is 0.489 e. The first-order chi connectivity index (χ1) is 13.6. The summed E-state index contributed by atoms with van der Waals surface area (Å²) < 4.78 is 43.2. The maximum atomic E-state index is 11.5. The number of carbonyl (C=O) groups is 2. The summed E-state index contributed by atoms with van der Waals surface area (Å²) in [6.45, 7) is 2.94. The minimum atomic E-state index is -5.08. The van der Waals surface area contributed by atoms with Gasteiger partial charge in [0.2, 0.25) is 0 Å². The van der Waals surface area contributed by atoms with Gasteiger partial charge >= 0.3 is 18.1 Å². The van der Waals surface area contributed by atoms with E-state index in [4.69, 9.17) is 19.1 Å². The third-order valence-electron chi connectivity index (χ3n) is 4.09. The highest BCUT2D eigenvalue weighted by Crippen LogP contribution is 2.25. The van der Waals surface area contributed by atoms with E-state index in [9.17, 15) is 23.1 Å². The first kappa shape index (κ1) is 22.3. The summed E-state index contributed by atoms with van der Waals surface area (Å²) in [4.78, 5) is 22.3. The number of furan rings is 1. The van der Waals surface area contributed by atoms with E-state index in [2.05, 4.69) is 0 Å². The predicted octanol–water partition coefficient (Wildman–Crippen LogP) is 3.33. The zero-order valence-electron chi connectivity index (χ0n) is 15.4. The molecule has 3 rings (SSSR count). The minimum Gasteiger partial charge on any atom is -0.489 e. The van der Waals surface area contributed by atoms with Crippen LogP contribution in [-0.4, -0.2) is 51.9 Å². The van der Waals surface area contributed by atoms with Crippen LogP contribution < -0.4 is 4.74 Å². The lowest BCUT2D eigenvalue weighted by Gasteiger charge is -2.19. The monoisotopic (exact) mass is 415 g/mol. The molecule has 7 nitrogen and oxygen atoms in total. The molecule has 2 N–H and O–H groups in total. The van der Waals surface area contributed by atoms with Crippen LogP contribution in [0.5, 0.6) is 5.75 Å². The van der Waals surface area contributed by atoms with Crippen LogP contribution >= 0.6 is 0 Å². The number of aliphatic carboxylic acids is 2. The van der Waals surface area contributed by atoms with E-state index in [1.807, 2.05) is 54.3 Å². The lowest BCUT2D eigenvalue weighted by molar-refractivity contribution is -0.192. The number of carboxylic acid groups (broad SMARTS) is 2. The molecule has 1 aromatic carbocycles. The fourth-order valence-electron chi connectivity index (χ4n) is 2.84. The molecule has 0 saturated carbocycles. The summed E-state index contributed by atoms with van der Waals surface area (Å²) in [6, 6.07) is 12.7. The van der Waals surface area contributed by atoms with Crippen LogP contribution in [0.2, 0.25) is 0 Å². The molecule has 10 heteroatoms. The van der Waals surface area contributed by atoms with E-state index < -0.39 is 24.2 Å². The third-order valence-corrected chi connectivity index (χ3v) is 4.09. The van der Waals surface area contributed by atoms with Gasteiger partial charge in [0.05, 0.1) is 6.54 Å². The number of benzene rings is 1. The molecule has 0 spiro atoms. The Morgan fingerprint density at radius 1 is 1.17 bits per heavy atom. The molecule has 2 aromatic rings. The van der Waals surface area contributed by atoms with Gasteiger partial charge in [-0.25, -0.2) is 4.79 Å². The van der Waals surface area contributed by atoms with E-state index in [0.29, 0.717) is 19.5 Å². The number of aryl methyl sites for hydroxylation is 1. The fourth-order valence-corrected chi connectivity index (χ4v) is 2.84. The molecule has 2 heterocycles. The largest absolute Gasteiger partial charge is 0.490 e. The van der Waals surface area contributed by atoms with Crippen LogP contribution in [0.15, 0.2) is 46.9 Å². The summed E-state index contributed by atoms with van der Waals surface area (Å²) >= 11 is 0. The molecule has 158 valence electrons. The second kappa shape index (κ2) is 9.46. The maximum Gasteiger partial charge on any atom is 0.490 e. The van der Waals surface area contributed by atoms with Gasteiger partial charge in [-0.1, -0.05) is 18.2 Å². The lowest BCUT2D eigenvalue weighted by atomic mass is 10.2. The first-order valence-electron chi connectivity index (χ1n) is 8.60. The highest BCUT2D eigenvalue weighted by Gasteiger charge is 2.39. The summed E-state index contributed by atoms with van der Waals surface area (Å²) in [5.74, 6) is -1.19. The topological polar surface area (TPSA) is 100 Å². The Morgan fingerprint density at radius 3 is 2.28 bits per heavy atom. The van der Waals surface area contributed by atoms with Crippen molar-refractivity contribution in [3.05, 3.63) is 54.0 Å². The molecule has 1 aromatic heterocycles. The molecule has 0 amide bonds. The van der Waals surface area contributed by atoms with Gasteiger partial charge in [-0.15, -0.1) is 0 Å². The number of nitrogens with zero attached hydrogens (tertiary/aromatic N) is 1. The van der Waals surface area contributed by atoms with E-state index >= 15 is 0 Å². The molecular formula is C19H20F3NO6. The van der Waals surface area contributed by atoms with Crippen molar-refractivity contribution in [2.24, 2.45) is 0 Å². The van der Waals surface area contributed by atoms with E-state index in [-0.39, 0.29) is 6.10 Å². The zero-order valence-corrected chi connectivity index (χ0v) is 15.4. The molecule has 29 heavy (non-hydrogen) atoms. The number of alkyl halides is 3. The average Bonchev–Trinajstić information content (AvgIpc) is 3.22. The average molecular weight is 415 g/mol. The number of likely N-dealkylation sites (tertiary alicyclic amines) is 1. The molecule has 1 saturated heterocycles. The normalized spacial score (nSPS) is 19.3. The van der Waals surface area contributed by atoms with Crippen LogP contribution in [0.4, 0.5) is 13.2 Å². The van der Waals surface area contributed by atoms with Crippen molar-refractivity contribution in [1.82, 2.24) is 4.90 Å². The van der Waals surface area contributed by atoms with Gasteiger partial charge in [0.15, 0.2) is 0 Å². The number of para-hydroxylation sites is 1. The van der Waals surface area contributed by atoms with Crippen molar-refractivity contribution >= 4 is 11.9 Å². The standard InChI is InChI=1S/C17H19NO4.C2HF3O2/c1-12-7-8-14(21-12)10-18-11-15(9-16(18)17(19)20)22-13-5-3-2-4-6-13;3-2(4,5)1(6)7/h2-8,15-16H,9-11H2,1H3,(H,19,20);(H,6,7)/t15-,16-;/m0./s1. The van der Waals surface area contributed by atoms with Crippen LogP contribution in [0.25, 0.3) is 0 Å². The molecule has 1 fully saturated rings. The molecule has 0 radical (unpaired) electrons. The van der Waals surface area contributed by atoms with Crippen molar-refractivity contribution in [2.75, 3.05) is 6.54 Å². The SMILES string of the molecule is Cc1ccc(CN2C[C@@H](Oc3ccccc3)C[C@H]2C(=O)O)o1.O=C(O)C(F)(F)F. The van der Waals surface area contributed by atoms with E-state index in [1.165, 1.54) is 0 Å². The van der Waals surface area contributed by atoms with E-state index in [1.54, 1.807) is 0 Å². The minimum absolute atomic E-state index is 0.125. The van der Waals surface area contributed by atoms with E-state index in [0.717, 1.165) is 17.3 Å². The number of ether oxygens (including phenoxy) is 1. The summed E-state index contributed by atoms with van der Waals surface area (Å²) in [7, 11) is 0. The van der Waals surface area contributed by atoms with Crippen LogP contribution in [0.3, 0.4) is 0 Å². The maximum absolute atomic E-state index is 11.5. The summed E-state index contributed by atoms with van der Waals surface area (Å²) in [6.07, 6.45) is -4.73. The molecule has 2 atom stereocenters. The van der Waals surface area contributed by atoms with Crippen LogP contribution in [0.1, 0.15) is 17.9 Å². The third kappa shape index (κ3) is 6.83. The molecule has 0 aliphatic carbocycles. The van der Waals surface area contributed by atoms with Crippen molar-refractivity contribution in [2.45, 2.75) is 38.2 Å². The van der Waals surface area contributed by atoms with Crippen molar-refractivity contribution in [3.8, 4) is 5.75 Å².